The van der Waals surface area contributed by atoms with E-state index in [4.69, 9.17) is 0 Å². The summed E-state index contributed by atoms with van der Waals surface area (Å²) in [6.45, 7) is 5.13. The van der Waals surface area contributed by atoms with Gasteiger partial charge in [-0.2, -0.15) is 0 Å². The number of thioether (sulfide) groups is 1. The number of anilines is 1. The van der Waals surface area contributed by atoms with Crippen LogP contribution >= 0.6 is 11.8 Å². The molecule has 1 atom stereocenters. The first-order chi connectivity index (χ1) is 9.74. The monoisotopic (exact) mass is 282 g/mol. The second-order valence-corrected chi connectivity index (χ2v) is 6.23. The van der Waals surface area contributed by atoms with Gasteiger partial charge in [0.1, 0.15) is 0 Å². The van der Waals surface area contributed by atoms with Crippen LogP contribution in [-0.2, 0) is 0 Å². The van der Waals surface area contributed by atoms with E-state index in [1.807, 2.05) is 11.8 Å². The molecule has 3 rings (SSSR count). The predicted octanol–water partition coefficient (Wildman–Crippen LogP) is 4.56. The summed E-state index contributed by atoms with van der Waals surface area (Å²) in [6.07, 6.45) is 0. The molecule has 0 saturated carbocycles. The molecule has 0 aromatic heterocycles. The lowest BCUT2D eigenvalue weighted by atomic mass is 10.1. The Hall–Kier alpha value is -1.74. The summed E-state index contributed by atoms with van der Waals surface area (Å²) in [5.41, 5.74) is 5.10. The van der Waals surface area contributed by atoms with E-state index in [-0.39, 0.29) is 0 Å². The maximum Gasteiger partial charge on any atom is 0.161 e. The molecule has 0 spiro atoms. The molecule has 0 bridgehead atoms. The van der Waals surface area contributed by atoms with E-state index >= 15 is 0 Å². The zero-order valence-corrected chi connectivity index (χ0v) is 12.6. The molecule has 3 heteroatoms. The molecule has 1 aliphatic rings. The van der Waals surface area contributed by atoms with Crippen LogP contribution in [0.3, 0.4) is 0 Å². The van der Waals surface area contributed by atoms with E-state index in [2.05, 4.69) is 72.7 Å². The Morgan fingerprint density at radius 2 is 1.85 bits per heavy atom. The molecule has 0 aliphatic carbocycles. The van der Waals surface area contributed by atoms with Crippen molar-refractivity contribution in [2.45, 2.75) is 19.1 Å². The van der Waals surface area contributed by atoms with Gasteiger partial charge < -0.3 is 5.32 Å². The number of aliphatic imine (C=N–C) groups is 1. The van der Waals surface area contributed by atoms with Crippen molar-refractivity contribution in [2.24, 2.45) is 4.99 Å². The van der Waals surface area contributed by atoms with Gasteiger partial charge in [0.25, 0.3) is 0 Å². The Morgan fingerprint density at radius 1 is 1.05 bits per heavy atom. The van der Waals surface area contributed by atoms with Crippen LogP contribution in [0.4, 0.5) is 5.69 Å². The van der Waals surface area contributed by atoms with Crippen molar-refractivity contribution in [1.29, 1.82) is 0 Å². The molecule has 2 aromatic carbocycles. The Morgan fingerprint density at radius 3 is 2.65 bits per heavy atom. The highest BCUT2D eigenvalue weighted by atomic mass is 32.2. The summed E-state index contributed by atoms with van der Waals surface area (Å²) in [6, 6.07) is 16.9. The molecule has 20 heavy (non-hydrogen) atoms. The quantitative estimate of drug-likeness (QED) is 0.873. The summed E-state index contributed by atoms with van der Waals surface area (Å²) in [4.78, 5) is 4.63. The summed E-state index contributed by atoms with van der Waals surface area (Å²) in [5.74, 6) is 0. The third kappa shape index (κ3) is 2.73. The van der Waals surface area contributed by atoms with Crippen LogP contribution < -0.4 is 5.32 Å². The van der Waals surface area contributed by atoms with Gasteiger partial charge in [0.2, 0.25) is 0 Å². The van der Waals surface area contributed by atoms with Crippen LogP contribution in [0.15, 0.2) is 53.5 Å². The zero-order chi connectivity index (χ0) is 13.9. The number of amidine groups is 1. The van der Waals surface area contributed by atoms with Gasteiger partial charge in [0, 0.05) is 5.69 Å². The molecule has 0 saturated heterocycles. The first-order valence-electron chi connectivity index (χ1n) is 6.83. The van der Waals surface area contributed by atoms with Crippen molar-refractivity contribution in [1.82, 2.24) is 0 Å². The van der Waals surface area contributed by atoms with Gasteiger partial charge >= 0.3 is 0 Å². The van der Waals surface area contributed by atoms with Crippen molar-refractivity contribution in [3.05, 3.63) is 65.2 Å². The normalized spacial score (nSPS) is 17.9. The summed E-state index contributed by atoms with van der Waals surface area (Å²) in [5, 5.41) is 4.92. The summed E-state index contributed by atoms with van der Waals surface area (Å²) in [7, 11) is 0. The molecular weight excluding hydrogens is 264 g/mol. The molecule has 2 aromatic rings. The van der Waals surface area contributed by atoms with Crippen LogP contribution in [0.1, 0.15) is 21.9 Å². The lowest BCUT2D eigenvalue weighted by molar-refractivity contribution is 0.966. The molecular formula is C17H18N2S. The minimum Gasteiger partial charge on any atom is -0.335 e. The number of hydrogen-bond acceptors (Lipinski definition) is 3. The number of benzene rings is 2. The van der Waals surface area contributed by atoms with Crippen molar-refractivity contribution in [2.75, 3.05) is 11.9 Å². The fourth-order valence-corrected chi connectivity index (χ4v) is 3.32. The zero-order valence-electron chi connectivity index (χ0n) is 11.8. The van der Waals surface area contributed by atoms with Crippen LogP contribution in [0.25, 0.3) is 0 Å². The van der Waals surface area contributed by atoms with Gasteiger partial charge in [0.05, 0.1) is 11.8 Å². The van der Waals surface area contributed by atoms with E-state index in [9.17, 15) is 0 Å². The first-order valence-corrected chi connectivity index (χ1v) is 7.71. The fraction of sp³-hybridized carbons (Fsp3) is 0.235. The number of aryl methyl sites for hydroxylation is 1. The number of rotatable bonds is 2. The Bertz CT molecular complexity index is 635. The predicted molar refractivity (Wildman–Crippen MR) is 88.6 cm³/mol. The van der Waals surface area contributed by atoms with Crippen LogP contribution in [-0.4, -0.2) is 11.7 Å². The smallest absolute Gasteiger partial charge is 0.161 e. The standard InChI is InChI=1S/C17H18N2S/c1-12-7-6-10-15(13(12)2)19-17-18-11-16(20-17)14-8-4-3-5-9-14/h3-10,16H,11H2,1-2H3,(H,18,19). The third-order valence-electron chi connectivity index (χ3n) is 3.67. The molecule has 0 fully saturated rings. The minimum absolute atomic E-state index is 0.434. The SMILES string of the molecule is Cc1cccc(NC2=NCC(c3ccccc3)S2)c1C. The molecule has 0 radical (unpaired) electrons. The van der Waals surface area contributed by atoms with Gasteiger partial charge in [0.15, 0.2) is 5.17 Å². The first kappa shape index (κ1) is 13.3. The molecule has 1 heterocycles. The lowest BCUT2D eigenvalue weighted by Crippen LogP contribution is -2.07. The fourth-order valence-electron chi connectivity index (χ4n) is 2.29. The van der Waals surface area contributed by atoms with Gasteiger partial charge in [-0.1, -0.05) is 54.2 Å². The molecule has 2 nitrogen and oxygen atoms in total. The highest BCUT2D eigenvalue weighted by molar-refractivity contribution is 8.14. The topological polar surface area (TPSA) is 24.4 Å². The highest BCUT2D eigenvalue weighted by Crippen LogP contribution is 2.35. The molecule has 1 N–H and O–H groups in total. The van der Waals surface area contributed by atoms with Crippen molar-refractivity contribution in [3.63, 3.8) is 0 Å². The van der Waals surface area contributed by atoms with E-state index in [0.717, 1.165) is 17.4 Å². The average molecular weight is 282 g/mol. The number of nitrogens with one attached hydrogen (secondary N) is 1. The minimum atomic E-state index is 0.434. The number of hydrogen-bond donors (Lipinski definition) is 1. The van der Waals surface area contributed by atoms with Crippen molar-refractivity contribution < 1.29 is 0 Å². The Kier molecular flexibility index (Phi) is 3.79. The van der Waals surface area contributed by atoms with Gasteiger partial charge in [-0.3, -0.25) is 4.99 Å². The third-order valence-corrected chi connectivity index (χ3v) is 4.83. The van der Waals surface area contributed by atoms with E-state index in [1.165, 1.54) is 16.7 Å². The van der Waals surface area contributed by atoms with E-state index < -0.39 is 0 Å². The molecule has 102 valence electrons. The van der Waals surface area contributed by atoms with Crippen molar-refractivity contribution >= 4 is 22.6 Å². The van der Waals surface area contributed by atoms with Crippen LogP contribution in [0.2, 0.25) is 0 Å². The molecule has 1 unspecified atom stereocenters. The second kappa shape index (κ2) is 5.71. The maximum atomic E-state index is 4.63. The average Bonchev–Trinajstić information content (AvgIpc) is 2.93. The molecule has 0 amide bonds. The summed E-state index contributed by atoms with van der Waals surface area (Å²) >= 11 is 1.81. The van der Waals surface area contributed by atoms with Gasteiger partial charge in [-0.05, 0) is 36.6 Å². The van der Waals surface area contributed by atoms with Crippen molar-refractivity contribution in [3.8, 4) is 0 Å². The lowest BCUT2D eigenvalue weighted by Gasteiger charge is -2.12. The van der Waals surface area contributed by atoms with Crippen LogP contribution in [0, 0.1) is 13.8 Å². The Balaban J connectivity index is 1.70. The maximum absolute atomic E-state index is 4.63. The summed E-state index contributed by atoms with van der Waals surface area (Å²) < 4.78 is 0. The molecule has 1 aliphatic heterocycles. The number of nitrogens with zero attached hydrogens (tertiary/aromatic N) is 1. The van der Waals surface area contributed by atoms with E-state index in [1.54, 1.807) is 0 Å². The van der Waals surface area contributed by atoms with Gasteiger partial charge in [-0.25, -0.2) is 0 Å². The second-order valence-electron chi connectivity index (χ2n) is 5.04. The van der Waals surface area contributed by atoms with E-state index in [0.29, 0.717) is 5.25 Å². The Labute approximate surface area is 124 Å². The largest absolute Gasteiger partial charge is 0.335 e. The highest BCUT2D eigenvalue weighted by Gasteiger charge is 2.21. The van der Waals surface area contributed by atoms with Gasteiger partial charge in [-0.15, -0.1) is 0 Å². The van der Waals surface area contributed by atoms with Crippen LogP contribution in [0.5, 0.6) is 0 Å².